The van der Waals surface area contributed by atoms with E-state index < -0.39 is 0 Å². The maximum atomic E-state index is 12.8. The van der Waals surface area contributed by atoms with Gasteiger partial charge in [-0.15, -0.1) is 5.10 Å². The van der Waals surface area contributed by atoms with Crippen LogP contribution < -0.4 is 10.6 Å². The van der Waals surface area contributed by atoms with Crippen molar-refractivity contribution in [1.29, 1.82) is 0 Å². The Morgan fingerprint density at radius 2 is 1.39 bits per heavy atom. The molecule has 5 aromatic rings. The van der Waals surface area contributed by atoms with Gasteiger partial charge >= 0.3 is 0 Å². The van der Waals surface area contributed by atoms with E-state index in [0.29, 0.717) is 16.8 Å². The van der Waals surface area contributed by atoms with Crippen LogP contribution in [0, 0.1) is 0 Å². The molecule has 0 unspecified atom stereocenters. The summed E-state index contributed by atoms with van der Waals surface area (Å²) in [5, 5.41) is 10.8. The second kappa shape index (κ2) is 8.72. The third-order valence-electron chi connectivity index (χ3n) is 4.96. The van der Waals surface area contributed by atoms with Gasteiger partial charge in [-0.05, 0) is 48.5 Å². The predicted molar refractivity (Wildman–Crippen MR) is 125 cm³/mol. The number of fused-ring (bicyclic) bond motifs is 1. The van der Waals surface area contributed by atoms with Crippen LogP contribution in [0.4, 0.5) is 11.9 Å². The normalized spacial score (nSPS) is 10.7. The molecule has 8 nitrogen and oxygen atoms in total. The number of rotatable bonds is 5. The van der Waals surface area contributed by atoms with Gasteiger partial charge in [0.2, 0.25) is 5.95 Å². The molecule has 3 aromatic carbocycles. The van der Waals surface area contributed by atoms with E-state index in [4.69, 9.17) is 0 Å². The van der Waals surface area contributed by atoms with Crippen LogP contribution in [0.3, 0.4) is 0 Å². The number of amides is 2. The van der Waals surface area contributed by atoms with E-state index in [-0.39, 0.29) is 23.7 Å². The number of aromatic nitrogens is 4. The number of nitrogens with zero attached hydrogens (tertiary/aromatic N) is 4. The van der Waals surface area contributed by atoms with Crippen LogP contribution in [0.2, 0.25) is 0 Å². The SMILES string of the molecule is O=C(Nc1nc(NC(=O)c2ccccc2)n(-c2ccc3ncccc3c2)n1)c1ccccc1. The van der Waals surface area contributed by atoms with E-state index >= 15 is 0 Å². The Morgan fingerprint density at radius 1 is 0.727 bits per heavy atom. The van der Waals surface area contributed by atoms with Crippen LogP contribution >= 0.6 is 0 Å². The van der Waals surface area contributed by atoms with Crippen molar-refractivity contribution >= 4 is 34.6 Å². The Balaban J connectivity index is 1.52. The van der Waals surface area contributed by atoms with Gasteiger partial charge in [0.05, 0.1) is 11.2 Å². The Bertz CT molecular complexity index is 1450. The van der Waals surface area contributed by atoms with Crippen molar-refractivity contribution in [3.63, 3.8) is 0 Å². The number of hydrogen-bond donors (Lipinski definition) is 2. The maximum Gasteiger partial charge on any atom is 0.258 e. The molecule has 0 fully saturated rings. The summed E-state index contributed by atoms with van der Waals surface area (Å²) in [5.74, 6) is -0.446. The van der Waals surface area contributed by atoms with Crippen molar-refractivity contribution in [3.8, 4) is 5.69 Å². The molecule has 0 saturated carbocycles. The summed E-state index contributed by atoms with van der Waals surface area (Å²) in [5.41, 5.74) is 2.44. The van der Waals surface area contributed by atoms with Crippen LogP contribution in [-0.2, 0) is 0 Å². The van der Waals surface area contributed by atoms with E-state index in [0.717, 1.165) is 10.9 Å². The first kappa shape index (κ1) is 20.1. The maximum absolute atomic E-state index is 12.8. The quantitative estimate of drug-likeness (QED) is 0.429. The standard InChI is InChI=1S/C25H18N6O2/c32-22(17-8-3-1-4-9-17)27-24-29-25(28-23(33)18-10-5-2-6-11-18)31(30-24)20-13-14-21-19(16-20)12-7-15-26-21/h1-16H,(H2,27,28,29,30,32,33). The summed E-state index contributed by atoms with van der Waals surface area (Å²) in [7, 11) is 0. The molecule has 0 saturated heterocycles. The zero-order valence-electron chi connectivity index (χ0n) is 17.3. The predicted octanol–water partition coefficient (Wildman–Crippen LogP) is 4.32. The van der Waals surface area contributed by atoms with Gasteiger partial charge in [-0.3, -0.25) is 25.2 Å². The molecular formula is C25H18N6O2. The molecule has 0 radical (unpaired) electrons. The zero-order valence-corrected chi connectivity index (χ0v) is 17.3. The highest BCUT2D eigenvalue weighted by Gasteiger charge is 2.18. The lowest BCUT2D eigenvalue weighted by Gasteiger charge is -2.08. The molecule has 2 N–H and O–H groups in total. The summed E-state index contributed by atoms with van der Waals surface area (Å²) in [6.45, 7) is 0. The van der Waals surface area contributed by atoms with Gasteiger partial charge in [-0.25, -0.2) is 0 Å². The summed E-state index contributed by atoms with van der Waals surface area (Å²) in [6, 6.07) is 26.9. The summed E-state index contributed by atoms with van der Waals surface area (Å²) in [6.07, 6.45) is 1.72. The molecule has 160 valence electrons. The molecule has 0 atom stereocenters. The Morgan fingerprint density at radius 3 is 2.09 bits per heavy atom. The fraction of sp³-hybridized carbons (Fsp3) is 0. The summed E-state index contributed by atoms with van der Waals surface area (Å²) in [4.78, 5) is 34.1. The van der Waals surface area contributed by atoms with Crippen LogP contribution in [-0.4, -0.2) is 31.6 Å². The number of anilines is 2. The average Bonchev–Trinajstić information content (AvgIpc) is 3.26. The van der Waals surface area contributed by atoms with Gasteiger partial charge in [0.25, 0.3) is 17.8 Å². The van der Waals surface area contributed by atoms with Crippen molar-refractivity contribution in [2.75, 3.05) is 10.6 Å². The molecule has 8 heteroatoms. The van der Waals surface area contributed by atoms with Crippen LogP contribution in [0.25, 0.3) is 16.6 Å². The molecule has 2 aromatic heterocycles. The van der Waals surface area contributed by atoms with Crippen LogP contribution in [0.1, 0.15) is 20.7 Å². The fourth-order valence-electron chi connectivity index (χ4n) is 3.35. The first-order valence-corrected chi connectivity index (χ1v) is 10.2. The first-order valence-electron chi connectivity index (χ1n) is 10.2. The monoisotopic (exact) mass is 434 g/mol. The number of hydrogen-bond acceptors (Lipinski definition) is 5. The molecule has 0 aliphatic heterocycles. The second-order valence-electron chi connectivity index (χ2n) is 7.19. The number of pyridine rings is 1. The van der Waals surface area contributed by atoms with Gasteiger partial charge in [0.1, 0.15) is 0 Å². The van der Waals surface area contributed by atoms with E-state index in [1.54, 1.807) is 54.7 Å². The average molecular weight is 434 g/mol. The first-order chi connectivity index (χ1) is 16.2. The summed E-state index contributed by atoms with van der Waals surface area (Å²) < 4.78 is 1.48. The molecule has 2 amide bonds. The molecular weight excluding hydrogens is 416 g/mol. The number of nitrogens with one attached hydrogen (secondary N) is 2. The number of carbonyl (C=O) groups excluding carboxylic acids is 2. The minimum atomic E-state index is -0.351. The van der Waals surface area contributed by atoms with E-state index in [1.807, 2.05) is 42.5 Å². The fourth-order valence-corrected chi connectivity index (χ4v) is 3.35. The molecule has 0 spiro atoms. The van der Waals surface area contributed by atoms with Gasteiger partial charge in [0.15, 0.2) is 0 Å². The van der Waals surface area contributed by atoms with Crippen molar-refractivity contribution in [3.05, 3.63) is 108 Å². The Hall–Kier alpha value is -4.85. The summed E-state index contributed by atoms with van der Waals surface area (Å²) >= 11 is 0. The van der Waals surface area contributed by atoms with Gasteiger partial charge in [-0.1, -0.05) is 42.5 Å². The topological polar surface area (TPSA) is 102 Å². The van der Waals surface area contributed by atoms with E-state index in [1.165, 1.54) is 4.68 Å². The molecule has 0 aliphatic carbocycles. The highest BCUT2D eigenvalue weighted by molar-refractivity contribution is 6.05. The zero-order chi connectivity index (χ0) is 22.6. The van der Waals surface area contributed by atoms with Crippen molar-refractivity contribution in [2.24, 2.45) is 0 Å². The van der Waals surface area contributed by atoms with E-state index in [2.05, 4.69) is 25.7 Å². The minimum absolute atomic E-state index is 0.0681. The molecule has 2 heterocycles. The van der Waals surface area contributed by atoms with E-state index in [9.17, 15) is 9.59 Å². The highest BCUT2D eigenvalue weighted by atomic mass is 16.2. The Labute approximate surface area is 188 Å². The highest BCUT2D eigenvalue weighted by Crippen LogP contribution is 2.21. The lowest BCUT2D eigenvalue weighted by Crippen LogP contribution is -2.15. The van der Waals surface area contributed by atoms with Crippen molar-refractivity contribution in [2.45, 2.75) is 0 Å². The third kappa shape index (κ3) is 4.31. The van der Waals surface area contributed by atoms with Crippen molar-refractivity contribution < 1.29 is 9.59 Å². The third-order valence-corrected chi connectivity index (χ3v) is 4.96. The smallest absolute Gasteiger partial charge is 0.258 e. The minimum Gasteiger partial charge on any atom is -0.290 e. The lowest BCUT2D eigenvalue weighted by atomic mass is 10.2. The molecule has 0 aliphatic rings. The van der Waals surface area contributed by atoms with Gasteiger partial charge in [0, 0.05) is 22.7 Å². The van der Waals surface area contributed by atoms with Gasteiger partial charge < -0.3 is 0 Å². The van der Waals surface area contributed by atoms with Crippen LogP contribution in [0.5, 0.6) is 0 Å². The van der Waals surface area contributed by atoms with Crippen molar-refractivity contribution in [1.82, 2.24) is 19.7 Å². The Kier molecular flexibility index (Phi) is 5.30. The van der Waals surface area contributed by atoms with Crippen LogP contribution in [0.15, 0.2) is 97.2 Å². The number of carbonyl (C=O) groups is 2. The lowest BCUT2D eigenvalue weighted by molar-refractivity contribution is 0.101. The second-order valence-corrected chi connectivity index (χ2v) is 7.19. The molecule has 5 rings (SSSR count). The molecule has 0 bridgehead atoms. The largest absolute Gasteiger partial charge is 0.290 e. The molecule has 33 heavy (non-hydrogen) atoms. The van der Waals surface area contributed by atoms with Gasteiger partial charge in [-0.2, -0.15) is 9.67 Å². The number of benzene rings is 3.